The van der Waals surface area contributed by atoms with Crippen LogP contribution in [0.15, 0.2) is 24.5 Å². The van der Waals surface area contributed by atoms with E-state index in [1.54, 1.807) is 24.0 Å². The monoisotopic (exact) mass is 295 g/mol. The highest BCUT2D eigenvalue weighted by Gasteiger charge is 2.18. The molecule has 1 amide bonds. The first-order valence-corrected chi connectivity index (χ1v) is 6.11. The van der Waals surface area contributed by atoms with Crippen molar-refractivity contribution in [1.82, 2.24) is 14.5 Å². The lowest BCUT2D eigenvalue weighted by molar-refractivity contribution is 0.0779. The molecular formula is C13H15F2N5O. The number of anilines is 1. The maximum absolute atomic E-state index is 13.6. The Hall–Kier alpha value is -2.48. The number of rotatable bonds is 4. The molecule has 1 aromatic heterocycles. The van der Waals surface area contributed by atoms with Crippen LogP contribution in [0.2, 0.25) is 0 Å². The summed E-state index contributed by atoms with van der Waals surface area (Å²) >= 11 is 0. The van der Waals surface area contributed by atoms with Crippen molar-refractivity contribution in [2.45, 2.75) is 6.54 Å². The molecule has 8 heteroatoms. The minimum Gasteiger partial charge on any atom is -0.337 e. The fraction of sp³-hybridized carbons (Fsp3) is 0.231. The number of nitrogens with zero attached hydrogens (tertiary/aromatic N) is 3. The Labute approximate surface area is 120 Å². The number of hydrogen-bond donors (Lipinski definition) is 2. The van der Waals surface area contributed by atoms with Gasteiger partial charge >= 0.3 is 0 Å². The number of amides is 1. The Bertz CT molecular complexity index is 647. The highest BCUT2D eigenvalue weighted by molar-refractivity contribution is 5.94. The molecule has 112 valence electrons. The summed E-state index contributed by atoms with van der Waals surface area (Å²) in [6.45, 7) is 0.225. The Morgan fingerprint density at radius 3 is 2.52 bits per heavy atom. The van der Waals surface area contributed by atoms with Gasteiger partial charge in [0.25, 0.3) is 5.91 Å². The lowest BCUT2D eigenvalue weighted by atomic mass is 10.1. The number of aromatic nitrogens is 2. The van der Waals surface area contributed by atoms with Crippen LogP contribution in [0, 0.1) is 11.6 Å². The standard InChI is InChI=1S/C13H15F2N5O/c1-19-4-3-17-11(19)7-20(2)13(21)8-5-9(14)12(18-16)10(15)6-8/h3-6,18H,7,16H2,1-2H3. The smallest absolute Gasteiger partial charge is 0.254 e. The molecule has 1 heterocycles. The van der Waals surface area contributed by atoms with Gasteiger partial charge in [0.2, 0.25) is 0 Å². The van der Waals surface area contributed by atoms with Crippen LogP contribution in [0.1, 0.15) is 16.2 Å². The molecule has 0 aliphatic carbocycles. The highest BCUT2D eigenvalue weighted by atomic mass is 19.1. The van der Waals surface area contributed by atoms with Crippen LogP contribution in [0.3, 0.4) is 0 Å². The number of aryl methyl sites for hydroxylation is 1. The van der Waals surface area contributed by atoms with Gasteiger partial charge in [0.15, 0.2) is 11.6 Å². The molecule has 2 aromatic rings. The fourth-order valence-electron chi connectivity index (χ4n) is 1.89. The third kappa shape index (κ3) is 3.00. The lowest BCUT2D eigenvalue weighted by Crippen LogP contribution is -2.28. The van der Waals surface area contributed by atoms with Gasteiger partial charge in [-0.2, -0.15) is 0 Å². The van der Waals surface area contributed by atoms with E-state index in [9.17, 15) is 13.6 Å². The summed E-state index contributed by atoms with van der Waals surface area (Å²) in [5, 5.41) is 0. The molecule has 0 aliphatic rings. The lowest BCUT2D eigenvalue weighted by Gasteiger charge is -2.17. The molecule has 0 saturated heterocycles. The van der Waals surface area contributed by atoms with E-state index >= 15 is 0 Å². The molecular weight excluding hydrogens is 280 g/mol. The van der Waals surface area contributed by atoms with E-state index in [1.807, 2.05) is 5.43 Å². The van der Waals surface area contributed by atoms with E-state index in [4.69, 9.17) is 5.84 Å². The molecule has 0 saturated carbocycles. The van der Waals surface area contributed by atoms with Gasteiger partial charge in [0.05, 0.1) is 6.54 Å². The second-order valence-corrected chi connectivity index (χ2v) is 4.57. The normalized spacial score (nSPS) is 10.5. The van der Waals surface area contributed by atoms with E-state index in [1.165, 1.54) is 11.9 Å². The highest BCUT2D eigenvalue weighted by Crippen LogP contribution is 2.20. The number of hydrazine groups is 1. The van der Waals surface area contributed by atoms with Gasteiger partial charge in [0.1, 0.15) is 11.5 Å². The van der Waals surface area contributed by atoms with E-state index in [-0.39, 0.29) is 12.1 Å². The van der Waals surface area contributed by atoms with Crippen molar-refractivity contribution >= 4 is 11.6 Å². The van der Waals surface area contributed by atoms with Crippen molar-refractivity contribution in [3.05, 3.63) is 47.5 Å². The van der Waals surface area contributed by atoms with Gasteiger partial charge in [-0.05, 0) is 12.1 Å². The van der Waals surface area contributed by atoms with Crippen LogP contribution in [0.4, 0.5) is 14.5 Å². The number of nitrogens with one attached hydrogen (secondary N) is 1. The van der Waals surface area contributed by atoms with E-state index in [2.05, 4.69) is 4.98 Å². The molecule has 0 unspecified atom stereocenters. The first-order chi connectivity index (χ1) is 9.93. The zero-order chi connectivity index (χ0) is 15.6. The van der Waals surface area contributed by atoms with Crippen molar-refractivity contribution < 1.29 is 13.6 Å². The van der Waals surface area contributed by atoms with Crippen molar-refractivity contribution in [1.29, 1.82) is 0 Å². The van der Waals surface area contributed by atoms with Crippen LogP contribution in [0.25, 0.3) is 0 Å². The van der Waals surface area contributed by atoms with Gasteiger partial charge in [-0.15, -0.1) is 0 Å². The average Bonchev–Trinajstić information content (AvgIpc) is 2.83. The maximum Gasteiger partial charge on any atom is 0.254 e. The van der Waals surface area contributed by atoms with Crippen molar-refractivity contribution in [2.24, 2.45) is 12.9 Å². The van der Waals surface area contributed by atoms with E-state index in [0.717, 1.165) is 12.1 Å². The molecule has 0 atom stereocenters. The Kier molecular flexibility index (Phi) is 4.18. The molecule has 2 rings (SSSR count). The summed E-state index contributed by atoms with van der Waals surface area (Å²) in [5.41, 5.74) is 1.34. The minimum atomic E-state index is -0.925. The predicted molar refractivity (Wildman–Crippen MR) is 73.2 cm³/mol. The van der Waals surface area contributed by atoms with Crippen LogP contribution < -0.4 is 11.3 Å². The van der Waals surface area contributed by atoms with E-state index in [0.29, 0.717) is 5.82 Å². The zero-order valence-electron chi connectivity index (χ0n) is 11.6. The summed E-state index contributed by atoms with van der Waals surface area (Å²) in [5.74, 6) is 3.30. The van der Waals surface area contributed by atoms with Gasteiger partial charge in [-0.25, -0.2) is 13.8 Å². The second-order valence-electron chi connectivity index (χ2n) is 4.57. The molecule has 0 radical (unpaired) electrons. The summed E-state index contributed by atoms with van der Waals surface area (Å²) in [7, 11) is 3.32. The summed E-state index contributed by atoms with van der Waals surface area (Å²) in [4.78, 5) is 17.6. The average molecular weight is 295 g/mol. The Morgan fingerprint density at radius 1 is 1.43 bits per heavy atom. The topological polar surface area (TPSA) is 76.2 Å². The third-order valence-corrected chi connectivity index (χ3v) is 3.08. The summed E-state index contributed by atoms with van der Waals surface area (Å²) < 4.78 is 29.0. The third-order valence-electron chi connectivity index (χ3n) is 3.08. The van der Waals surface area contributed by atoms with Crippen LogP contribution in [-0.4, -0.2) is 27.4 Å². The number of nitrogens with two attached hydrogens (primary N) is 1. The number of carbonyl (C=O) groups excluding carboxylic acids is 1. The minimum absolute atomic E-state index is 0.0966. The fourth-order valence-corrected chi connectivity index (χ4v) is 1.89. The van der Waals surface area contributed by atoms with Crippen LogP contribution in [0.5, 0.6) is 0 Å². The number of benzene rings is 1. The number of nitrogen functional groups attached to an aromatic ring is 1. The number of carbonyl (C=O) groups is 1. The van der Waals surface area contributed by atoms with E-state index < -0.39 is 23.2 Å². The molecule has 3 N–H and O–H groups in total. The van der Waals surface area contributed by atoms with Gasteiger partial charge < -0.3 is 14.9 Å². The molecule has 0 fully saturated rings. The Morgan fingerprint density at radius 2 is 2.05 bits per heavy atom. The molecule has 0 spiro atoms. The summed E-state index contributed by atoms with van der Waals surface area (Å²) in [6.07, 6.45) is 3.35. The largest absolute Gasteiger partial charge is 0.337 e. The summed E-state index contributed by atoms with van der Waals surface area (Å²) in [6, 6.07) is 1.88. The first-order valence-electron chi connectivity index (χ1n) is 6.11. The predicted octanol–water partition coefficient (Wildman–Crippen LogP) is 1.26. The van der Waals surface area contributed by atoms with Gasteiger partial charge in [-0.3, -0.25) is 10.6 Å². The first kappa shape index (κ1) is 14.9. The van der Waals surface area contributed by atoms with Crippen molar-refractivity contribution in [2.75, 3.05) is 12.5 Å². The van der Waals surface area contributed by atoms with Gasteiger partial charge in [-0.1, -0.05) is 0 Å². The SMILES string of the molecule is CN(Cc1nccn1C)C(=O)c1cc(F)c(NN)c(F)c1. The zero-order valence-corrected chi connectivity index (χ0v) is 11.6. The molecule has 0 aliphatic heterocycles. The van der Waals surface area contributed by atoms with Crippen molar-refractivity contribution in [3.63, 3.8) is 0 Å². The molecule has 6 nitrogen and oxygen atoms in total. The van der Waals surface area contributed by atoms with Crippen molar-refractivity contribution in [3.8, 4) is 0 Å². The maximum atomic E-state index is 13.6. The van der Waals surface area contributed by atoms with Crippen LogP contribution in [-0.2, 0) is 13.6 Å². The second kappa shape index (κ2) is 5.88. The van der Waals surface area contributed by atoms with Gasteiger partial charge in [0, 0.05) is 32.1 Å². The quantitative estimate of drug-likeness (QED) is 0.657. The molecule has 0 bridgehead atoms. The number of imidazole rings is 1. The number of halogens is 2. The molecule has 21 heavy (non-hydrogen) atoms. The number of hydrogen-bond acceptors (Lipinski definition) is 4. The Balaban J connectivity index is 2.22. The molecule has 1 aromatic carbocycles. The van der Waals surface area contributed by atoms with Crippen LogP contribution >= 0.6 is 0 Å².